The third-order valence-corrected chi connectivity index (χ3v) is 4.26. The Kier molecular flexibility index (Phi) is 2.97. The quantitative estimate of drug-likeness (QED) is 0.737. The molecular formula is C17H12F3N3O. The van der Waals surface area contributed by atoms with Gasteiger partial charge in [0.25, 0.3) is 5.91 Å². The van der Waals surface area contributed by atoms with Crippen molar-refractivity contribution in [2.75, 3.05) is 7.05 Å². The van der Waals surface area contributed by atoms with Gasteiger partial charge in [-0.3, -0.25) is 4.79 Å². The van der Waals surface area contributed by atoms with E-state index in [0.29, 0.717) is 23.2 Å². The predicted octanol–water partition coefficient (Wildman–Crippen LogP) is 3.83. The van der Waals surface area contributed by atoms with Gasteiger partial charge in [-0.05, 0) is 23.3 Å². The molecule has 0 spiro atoms. The summed E-state index contributed by atoms with van der Waals surface area (Å²) in [5.41, 5.74) is 2.14. The molecule has 3 heterocycles. The first-order valence-corrected chi connectivity index (χ1v) is 7.27. The molecule has 0 unspecified atom stereocenters. The summed E-state index contributed by atoms with van der Waals surface area (Å²) in [5, 5.41) is 0.0175. The maximum absolute atomic E-state index is 13.1. The summed E-state index contributed by atoms with van der Waals surface area (Å²) in [6.45, 7) is 0.543. The minimum Gasteiger partial charge on any atom is -0.346 e. The van der Waals surface area contributed by atoms with E-state index >= 15 is 0 Å². The van der Waals surface area contributed by atoms with Crippen LogP contribution in [0, 0.1) is 0 Å². The average molecular weight is 331 g/mol. The number of aromatic nitrogens is 2. The number of benzene rings is 1. The Morgan fingerprint density at radius 2 is 2.00 bits per heavy atom. The van der Waals surface area contributed by atoms with Crippen LogP contribution in [0.25, 0.3) is 22.2 Å². The van der Waals surface area contributed by atoms with E-state index in [0.717, 1.165) is 11.8 Å². The number of carbonyl (C=O) groups is 1. The Hall–Kier alpha value is -2.83. The average Bonchev–Trinajstić information content (AvgIpc) is 3.08. The van der Waals surface area contributed by atoms with Crippen LogP contribution in [0.2, 0.25) is 0 Å². The Labute approximate surface area is 134 Å². The number of aromatic amines is 1. The Bertz CT molecular complexity index is 975. The van der Waals surface area contributed by atoms with E-state index in [2.05, 4.69) is 9.97 Å². The highest BCUT2D eigenvalue weighted by atomic mass is 19.4. The van der Waals surface area contributed by atoms with Gasteiger partial charge in [-0.15, -0.1) is 0 Å². The summed E-state index contributed by atoms with van der Waals surface area (Å²) >= 11 is 0. The van der Waals surface area contributed by atoms with Gasteiger partial charge < -0.3 is 9.88 Å². The zero-order chi connectivity index (χ0) is 17.1. The van der Waals surface area contributed by atoms with E-state index in [1.807, 2.05) is 6.07 Å². The summed E-state index contributed by atoms with van der Waals surface area (Å²) in [6, 6.07) is 6.79. The lowest BCUT2D eigenvalue weighted by Crippen LogP contribution is -2.17. The van der Waals surface area contributed by atoms with E-state index in [-0.39, 0.29) is 16.9 Å². The predicted molar refractivity (Wildman–Crippen MR) is 82.3 cm³/mol. The van der Waals surface area contributed by atoms with Crippen LogP contribution < -0.4 is 0 Å². The van der Waals surface area contributed by atoms with Crippen molar-refractivity contribution in [3.63, 3.8) is 0 Å². The minimum atomic E-state index is -4.45. The van der Waals surface area contributed by atoms with E-state index < -0.39 is 11.7 Å². The molecule has 1 N–H and O–H groups in total. The highest BCUT2D eigenvalue weighted by molar-refractivity contribution is 5.99. The number of alkyl halides is 3. The molecule has 0 saturated carbocycles. The van der Waals surface area contributed by atoms with Gasteiger partial charge in [0, 0.05) is 42.5 Å². The SMILES string of the molecule is CN1Cc2ccc(-c3cnc4[nH]cc(C(F)(F)F)c4c3)cc2C1=O. The number of fused-ring (bicyclic) bond motifs is 2. The van der Waals surface area contributed by atoms with Crippen LogP contribution in [0.4, 0.5) is 13.2 Å². The molecule has 0 bridgehead atoms. The smallest absolute Gasteiger partial charge is 0.346 e. The molecule has 1 aliphatic heterocycles. The first-order valence-electron chi connectivity index (χ1n) is 7.27. The van der Waals surface area contributed by atoms with Crippen molar-refractivity contribution in [1.82, 2.24) is 14.9 Å². The molecule has 0 aliphatic carbocycles. The summed E-state index contributed by atoms with van der Waals surface area (Å²) in [4.78, 5) is 20.3. The van der Waals surface area contributed by atoms with Crippen LogP contribution in [-0.2, 0) is 12.7 Å². The van der Waals surface area contributed by atoms with Crippen molar-refractivity contribution in [2.24, 2.45) is 0 Å². The molecule has 122 valence electrons. The monoisotopic (exact) mass is 331 g/mol. The van der Waals surface area contributed by atoms with Crippen molar-refractivity contribution < 1.29 is 18.0 Å². The molecular weight excluding hydrogens is 319 g/mol. The molecule has 1 amide bonds. The number of hydrogen-bond donors (Lipinski definition) is 1. The van der Waals surface area contributed by atoms with E-state index in [4.69, 9.17) is 0 Å². The number of amides is 1. The van der Waals surface area contributed by atoms with Crippen LogP contribution in [0.5, 0.6) is 0 Å². The zero-order valence-corrected chi connectivity index (χ0v) is 12.6. The number of halogens is 3. The van der Waals surface area contributed by atoms with Crippen LogP contribution in [-0.4, -0.2) is 27.8 Å². The minimum absolute atomic E-state index is 0.0175. The number of rotatable bonds is 1. The zero-order valence-electron chi connectivity index (χ0n) is 12.6. The number of pyridine rings is 1. The second kappa shape index (κ2) is 4.83. The van der Waals surface area contributed by atoms with Crippen molar-refractivity contribution in [3.8, 4) is 11.1 Å². The molecule has 4 nitrogen and oxygen atoms in total. The maximum atomic E-state index is 13.1. The molecule has 2 aromatic heterocycles. The number of carbonyl (C=O) groups excluding carboxylic acids is 1. The van der Waals surface area contributed by atoms with Gasteiger partial charge >= 0.3 is 6.18 Å². The molecule has 0 radical (unpaired) electrons. The first kappa shape index (κ1) is 14.7. The fraction of sp³-hybridized carbons (Fsp3) is 0.176. The number of nitrogens with one attached hydrogen (secondary N) is 1. The Balaban J connectivity index is 1.85. The normalized spacial score (nSPS) is 14.5. The van der Waals surface area contributed by atoms with Crippen LogP contribution in [0.3, 0.4) is 0 Å². The summed E-state index contributed by atoms with van der Waals surface area (Å²) in [6.07, 6.45) is -2.03. The third-order valence-electron chi connectivity index (χ3n) is 4.26. The van der Waals surface area contributed by atoms with Crippen molar-refractivity contribution in [2.45, 2.75) is 12.7 Å². The first-order chi connectivity index (χ1) is 11.3. The highest BCUT2D eigenvalue weighted by Gasteiger charge is 2.34. The van der Waals surface area contributed by atoms with Gasteiger partial charge in [-0.1, -0.05) is 12.1 Å². The molecule has 0 atom stereocenters. The number of hydrogen-bond acceptors (Lipinski definition) is 2. The fourth-order valence-corrected chi connectivity index (χ4v) is 3.02. The van der Waals surface area contributed by atoms with E-state index in [1.165, 1.54) is 12.3 Å². The molecule has 4 rings (SSSR count). The largest absolute Gasteiger partial charge is 0.418 e. The summed E-state index contributed by atoms with van der Waals surface area (Å²) in [7, 11) is 1.71. The molecule has 1 aromatic carbocycles. The molecule has 24 heavy (non-hydrogen) atoms. The van der Waals surface area contributed by atoms with Crippen molar-refractivity contribution in [1.29, 1.82) is 0 Å². The molecule has 0 fully saturated rings. The standard InChI is InChI=1S/C17H12F3N3O/c1-23-8-10-3-2-9(4-12(10)16(23)24)11-5-13-14(17(18,19)20)7-22-15(13)21-6-11/h2-7H,8H2,1H3,(H,21,22). The molecule has 7 heteroatoms. The summed E-state index contributed by atoms with van der Waals surface area (Å²) < 4.78 is 39.2. The third kappa shape index (κ3) is 2.16. The van der Waals surface area contributed by atoms with Crippen LogP contribution in [0.15, 0.2) is 36.7 Å². The lowest BCUT2D eigenvalue weighted by Gasteiger charge is -2.07. The molecule has 3 aromatic rings. The lowest BCUT2D eigenvalue weighted by molar-refractivity contribution is -0.136. The van der Waals surface area contributed by atoms with Gasteiger partial charge in [-0.25, -0.2) is 4.98 Å². The Morgan fingerprint density at radius 3 is 2.75 bits per heavy atom. The fourth-order valence-electron chi connectivity index (χ4n) is 3.02. The number of nitrogens with zero attached hydrogens (tertiary/aromatic N) is 2. The van der Waals surface area contributed by atoms with Crippen molar-refractivity contribution >= 4 is 16.9 Å². The highest BCUT2D eigenvalue weighted by Crippen LogP contribution is 2.36. The molecule has 0 saturated heterocycles. The van der Waals surface area contributed by atoms with Gasteiger partial charge in [0.05, 0.1) is 5.56 Å². The summed E-state index contributed by atoms with van der Waals surface area (Å²) in [5.74, 6) is -0.0847. The second-order valence-electron chi connectivity index (χ2n) is 5.85. The van der Waals surface area contributed by atoms with Crippen LogP contribution >= 0.6 is 0 Å². The van der Waals surface area contributed by atoms with Gasteiger partial charge in [-0.2, -0.15) is 13.2 Å². The maximum Gasteiger partial charge on any atom is 0.418 e. The Morgan fingerprint density at radius 1 is 1.21 bits per heavy atom. The van der Waals surface area contributed by atoms with Crippen LogP contribution in [0.1, 0.15) is 21.5 Å². The lowest BCUT2D eigenvalue weighted by atomic mass is 10.0. The van der Waals surface area contributed by atoms with Crippen molar-refractivity contribution in [3.05, 3.63) is 53.3 Å². The molecule has 1 aliphatic rings. The van der Waals surface area contributed by atoms with E-state index in [9.17, 15) is 18.0 Å². The van der Waals surface area contributed by atoms with E-state index in [1.54, 1.807) is 24.1 Å². The second-order valence-corrected chi connectivity index (χ2v) is 5.85. The van der Waals surface area contributed by atoms with Gasteiger partial charge in [0.15, 0.2) is 0 Å². The van der Waals surface area contributed by atoms with Gasteiger partial charge in [0.1, 0.15) is 5.65 Å². The number of H-pyrrole nitrogens is 1. The topological polar surface area (TPSA) is 49.0 Å². The van der Waals surface area contributed by atoms with Gasteiger partial charge in [0.2, 0.25) is 0 Å².